The summed E-state index contributed by atoms with van der Waals surface area (Å²) in [5.74, 6) is 0. The Balaban J connectivity index is 2.94. The van der Waals surface area contributed by atoms with Crippen LogP contribution in [0.5, 0.6) is 0 Å². The van der Waals surface area contributed by atoms with Crippen molar-refractivity contribution in [3.8, 4) is 0 Å². The van der Waals surface area contributed by atoms with E-state index in [9.17, 15) is 8.78 Å². The molecule has 0 saturated carbocycles. The third-order valence-corrected chi connectivity index (χ3v) is 1.57. The average molecular weight is 176 g/mol. The van der Waals surface area contributed by atoms with Gasteiger partial charge in [0, 0.05) is 13.2 Å². The molecule has 68 valence electrons. The lowest BCUT2D eigenvalue weighted by Crippen LogP contribution is -2.10. The normalized spacial score (nSPS) is 13.8. The number of aliphatic hydroxyl groups is 1. The quantitative estimate of drug-likeness (QED) is 0.730. The van der Waals surface area contributed by atoms with E-state index in [1.54, 1.807) is 20.2 Å². The Hall–Kier alpha value is -0.970. The van der Waals surface area contributed by atoms with E-state index in [0.717, 1.165) is 0 Å². The molecule has 1 rings (SSSR count). The van der Waals surface area contributed by atoms with E-state index in [1.165, 1.54) is 4.68 Å². The summed E-state index contributed by atoms with van der Waals surface area (Å²) in [6, 6.07) is 0. The number of halogens is 2. The van der Waals surface area contributed by atoms with Gasteiger partial charge in [-0.15, -0.1) is 0 Å². The molecule has 0 aromatic carbocycles. The zero-order valence-electron chi connectivity index (χ0n) is 6.83. The highest BCUT2D eigenvalue weighted by Crippen LogP contribution is 2.21. The first-order valence-electron chi connectivity index (χ1n) is 3.48. The van der Waals surface area contributed by atoms with Crippen molar-refractivity contribution in [2.75, 3.05) is 0 Å². The molecule has 1 N–H and O–H groups in total. The lowest BCUT2D eigenvalue weighted by atomic mass is 10.2. The smallest absolute Gasteiger partial charge is 0.269 e. The number of hydrogen-bond acceptors (Lipinski definition) is 2. The van der Waals surface area contributed by atoms with E-state index in [2.05, 4.69) is 5.10 Å². The molecule has 1 heterocycles. The van der Waals surface area contributed by atoms with E-state index in [1.807, 2.05) is 0 Å². The van der Waals surface area contributed by atoms with Crippen molar-refractivity contribution in [3.05, 3.63) is 17.5 Å². The van der Waals surface area contributed by atoms with Crippen molar-refractivity contribution in [2.24, 2.45) is 7.05 Å². The van der Waals surface area contributed by atoms with Crippen LogP contribution in [-0.2, 0) is 7.05 Å². The van der Waals surface area contributed by atoms with Crippen LogP contribution in [0.4, 0.5) is 8.78 Å². The van der Waals surface area contributed by atoms with Crippen LogP contribution in [-0.4, -0.2) is 21.3 Å². The van der Waals surface area contributed by atoms with E-state index in [-0.39, 0.29) is 5.69 Å². The molecule has 1 atom stereocenters. The third kappa shape index (κ3) is 1.61. The molecule has 0 fully saturated rings. The van der Waals surface area contributed by atoms with Crippen molar-refractivity contribution in [1.29, 1.82) is 0 Å². The number of aliphatic hydroxyl groups excluding tert-OH is 1. The van der Waals surface area contributed by atoms with E-state index in [0.29, 0.717) is 5.56 Å². The zero-order chi connectivity index (χ0) is 9.30. The van der Waals surface area contributed by atoms with Gasteiger partial charge in [0.25, 0.3) is 6.43 Å². The highest BCUT2D eigenvalue weighted by Gasteiger charge is 2.23. The Morgan fingerprint density at radius 1 is 1.58 bits per heavy atom. The monoisotopic (exact) mass is 176 g/mol. The zero-order valence-corrected chi connectivity index (χ0v) is 6.83. The van der Waals surface area contributed by atoms with Crippen LogP contribution in [0.3, 0.4) is 0 Å². The standard InChI is InChI=1S/C7H10F2N2O/c1-4-3-11(2)10-5(4)6(12)7(8)9/h3,6-7,12H,1-2H3. The van der Waals surface area contributed by atoms with Crippen LogP contribution >= 0.6 is 0 Å². The van der Waals surface area contributed by atoms with E-state index >= 15 is 0 Å². The van der Waals surface area contributed by atoms with Crippen LogP contribution in [0.25, 0.3) is 0 Å². The molecule has 1 aromatic rings. The summed E-state index contributed by atoms with van der Waals surface area (Å²) >= 11 is 0. The van der Waals surface area contributed by atoms with Crippen molar-refractivity contribution >= 4 is 0 Å². The van der Waals surface area contributed by atoms with Gasteiger partial charge in [-0.3, -0.25) is 4.68 Å². The molecule has 0 aliphatic carbocycles. The SMILES string of the molecule is Cc1cn(C)nc1C(O)C(F)F. The maximum atomic E-state index is 12.0. The predicted octanol–water partition coefficient (Wildman–Crippen LogP) is 1.03. The second-order valence-electron chi connectivity index (χ2n) is 2.65. The fourth-order valence-corrected chi connectivity index (χ4v) is 1.04. The first-order valence-corrected chi connectivity index (χ1v) is 3.48. The lowest BCUT2D eigenvalue weighted by molar-refractivity contribution is -0.00881. The fraction of sp³-hybridized carbons (Fsp3) is 0.571. The molecule has 12 heavy (non-hydrogen) atoms. The molecule has 1 aromatic heterocycles. The first-order chi connectivity index (χ1) is 5.52. The Morgan fingerprint density at radius 3 is 2.50 bits per heavy atom. The molecule has 0 radical (unpaired) electrons. The van der Waals surface area contributed by atoms with Crippen molar-refractivity contribution in [1.82, 2.24) is 9.78 Å². The molecule has 0 spiro atoms. The Kier molecular flexibility index (Phi) is 2.42. The van der Waals surface area contributed by atoms with Gasteiger partial charge in [-0.05, 0) is 12.5 Å². The molecule has 0 aliphatic heterocycles. The highest BCUT2D eigenvalue weighted by molar-refractivity contribution is 5.17. The molecule has 0 saturated heterocycles. The van der Waals surface area contributed by atoms with Gasteiger partial charge in [0.05, 0.1) is 5.69 Å². The Bertz CT molecular complexity index is 272. The average Bonchev–Trinajstić information content (AvgIpc) is 2.28. The van der Waals surface area contributed by atoms with E-state index < -0.39 is 12.5 Å². The van der Waals surface area contributed by atoms with Crippen LogP contribution in [0, 0.1) is 6.92 Å². The number of rotatable bonds is 2. The number of aryl methyl sites for hydroxylation is 2. The van der Waals surface area contributed by atoms with Gasteiger partial charge in [-0.1, -0.05) is 0 Å². The molecule has 1 unspecified atom stereocenters. The highest BCUT2D eigenvalue weighted by atomic mass is 19.3. The van der Waals surface area contributed by atoms with Crippen molar-refractivity contribution in [2.45, 2.75) is 19.5 Å². The predicted molar refractivity (Wildman–Crippen MR) is 38.9 cm³/mol. The summed E-state index contributed by atoms with van der Waals surface area (Å²) in [5.41, 5.74) is 0.623. The van der Waals surface area contributed by atoms with Gasteiger partial charge >= 0.3 is 0 Å². The van der Waals surface area contributed by atoms with Gasteiger partial charge in [0.1, 0.15) is 0 Å². The summed E-state index contributed by atoms with van der Waals surface area (Å²) in [6.45, 7) is 1.63. The largest absolute Gasteiger partial charge is 0.381 e. The minimum atomic E-state index is -2.78. The van der Waals surface area contributed by atoms with Crippen molar-refractivity contribution < 1.29 is 13.9 Å². The van der Waals surface area contributed by atoms with Crippen LogP contribution in [0.1, 0.15) is 17.4 Å². The fourth-order valence-electron chi connectivity index (χ4n) is 1.04. The number of alkyl halides is 2. The molecule has 3 nitrogen and oxygen atoms in total. The third-order valence-electron chi connectivity index (χ3n) is 1.57. The summed E-state index contributed by atoms with van der Waals surface area (Å²) in [4.78, 5) is 0. The van der Waals surface area contributed by atoms with Crippen LogP contribution in [0.15, 0.2) is 6.20 Å². The van der Waals surface area contributed by atoms with Gasteiger partial charge in [0.2, 0.25) is 0 Å². The second kappa shape index (κ2) is 3.18. The molecule has 5 heteroatoms. The minimum Gasteiger partial charge on any atom is -0.381 e. The molecule has 0 aliphatic rings. The van der Waals surface area contributed by atoms with Gasteiger partial charge < -0.3 is 5.11 Å². The van der Waals surface area contributed by atoms with Gasteiger partial charge in [-0.2, -0.15) is 5.10 Å². The van der Waals surface area contributed by atoms with E-state index in [4.69, 9.17) is 5.11 Å². The summed E-state index contributed by atoms with van der Waals surface area (Å²) in [7, 11) is 1.62. The molecule has 0 amide bonds. The minimum absolute atomic E-state index is 0.0486. The molecular weight excluding hydrogens is 166 g/mol. The second-order valence-corrected chi connectivity index (χ2v) is 2.65. The maximum Gasteiger partial charge on any atom is 0.269 e. The Morgan fingerprint density at radius 2 is 2.17 bits per heavy atom. The van der Waals surface area contributed by atoms with Gasteiger partial charge in [-0.25, -0.2) is 8.78 Å². The summed E-state index contributed by atoms with van der Waals surface area (Å²) in [6.07, 6.45) is -2.97. The van der Waals surface area contributed by atoms with Crippen molar-refractivity contribution in [3.63, 3.8) is 0 Å². The topological polar surface area (TPSA) is 38.0 Å². The number of aromatic nitrogens is 2. The maximum absolute atomic E-state index is 12.0. The van der Waals surface area contributed by atoms with Crippen LogP contribution in [0.2, 0.25) is 0 Å². The molecular formula is C7H10F2N2O. The Labute approximate surface area is 68.6 Å². The first kappa shape index (κ1) is 9.12. The molecule has 0 bridgehead atoms. The summed E-state index contributed by atoms with van der Waals surface area (Å²) < 4.78 is 25.4. The number of hydrogen-bond donors (Lipinski definition) is 1. The summed E-state index contributed by atoms with van der Waals surface area (Å²) in [5, 5.41) is 12.7. The van der Waals surface area contributed by atoms with Crippen LogP contribution < -0.4 is 0 Å². The van der Waals surface area contributed by atoms with Gasteiger partial charge in [0.15, 0.2) is 6.10 Å². The number of nitrogens with zero attached hydrogens (tertiary/aromatic N) is 2. The lowest BCUT2D eigenvalue weighted by Gasteiger charge is -2.06.